The molecule has 0 aliphatic rings. The normalized spacial score (nSPS) is 11.2. The van der Waals surface area contributed by atoms with Crippen LogP contribution < -0.4 is 11.1 Å². The van der Waals surface area contributed by atoms with Gasteiger partial charge in [0.2, 0.25) is 0 Å². The maximum absolute atomic E-state index is 12.9. The summed E-state index contributed by atoms with van der Waals surface area (Å²) < 4.78 is 38.6. The van der Waals surface area contributed by atoms with Crippen molar-refractivity contribution in [2.45, 2.75) is 5.92 Å². The van der Waals surface area contributed by atoms with E-state index < -0.39 is 46.9 Å². The van der Waals surface area contributed by atoms with Gasteiger partial charge in [0.25, 0.3) is 17.5 Å². The highest BCUT2D eigenvalue weighted by Crippen LogP contribution is 2.19. The number of nitrogens with one attached hydrogen (secondary N) is 1. The number of nitrogens with two attached hydrogens (primary N) is 1. The Morgan fingerprint density at radius 1 is 1.47 bits per heavy atom. The Bertz CT molecular complexity index is 508. The molecule has 104 valence electrons. The molecule has 0 bridgehead atoms. The largest absolute Gasteiger partial charge is 0.346 e. The lowest BCUT2D eigenvalue weighted by molar-refractivity contribution is -0.385. The standard InChI is InChI=1S/C10H10F3N3O3/c11-6-1-2-8(16(18)19)7(3-6)9(17)15-5-10(12,13)4-14/h1-3H,4-5,14H2,(H,15,17). The van der Waals surface area contributed by atoms with Crippen molar-refractivity contribution in [3.05, 3.63) is 39.7 Å². The summed E-state index contributed by atoms with van der Waals surface area (Å²) in [6, 6.07) is 2.18. The number of amides is 1. The highest BCUT2D eigenvalue weighted by Gasteiger charge is 2.29. The smallest absolute Gasteiger partial charge is 0.282 e. The van der Waals surface area contributed by atoms with Crippen molar-refractivity contribution in [2.75, 3.05) is 13.1 Å². The average Bonchev–Trinajstić information content (AvgIpc) is 2.35. The molecule has 6 nitrogen and oxygen atoms in total. The predicted octanol–water partition coefficient (Wildman–Crippen LogP) is 1.06. The number of nitro groups is 1. The van der Waals surface area contributed by atoms with Crippen molar-refractivity contribution in [1.82, 2.24) is 5.32 Å². The van der Waals surface area contributed by atoms with Crippen LogP contribution in [0.25, 0.3) is 0 Å². The Labute approximate surface area is 105 Å². The lowest BCUT2D eigenvalue weighted by Crippen LogP contribution is -2.41. The van der Waals surface area contributed by atoms with E-state index in [1.54, 1.807) is 5.32 Å². The van der Waals surface area contributed by atoms with E-state index in [4.69, 9.17) is 5.73 Å². The number of nitro benzene ring substituents is 1. The molecule has 0 aliphatic heterocycles. The number of alkyl halides is 2. The molecule has 1 amide bonds. The highest BCUT2D eigenvalue weighted by atomic mass is 19.3. The first kappa shape index (κ1) is 14.9. The van der Waals surface area contributed by atoms with Crippen molar-refractivity contribution in [1.29, 1.82) is 0 Å². The molecule has 0 radical (unpaired) electrons. The summed E-state index contributed by atoms with van der Waals surface area (Å²) in [6.45, 7) is -2.07. The van der Waals surface area contributed by atoms with Gasteiger partial charge in [-0.15, -0.1) is 0 Å². The molecule has 0 aliphatic carbocycles. The maximum atomic E-state index is 12.9. The fourth-order valence-electron chi connectivity index (χ4n) is 1.23. The van der Waals surface area contributed by atoms with Crippen LogP contribution >= 0.6 is 0 Å². The first-order valence-corrected chi connectivity index (χ1v) is 5.07. The summed E-state index contributed by atoms with van der Waals surface area (Å²) in [7, 11) is 0. The number of hydrogen-bond acceptors (Lipinski definition) is 4. The van der Waals surface area contributed by atoms with Crippen LogP contribution in [0.4, 0.5) is 18.9 Å². The SMILES string of the molecule is NCC(F)(F)CNC(=O)c1cc(F)ccc1[N+](=O)[O-]. The lowest BCUT2D eigenvalue weighted by Gasteiger charge is -2.14. The Morgan fingerprint density at radius 3 is 2.63 bits per heavy atom. The van der Waals surface area contributed by atoms with Crippen molar-refractivity contribution >= 4 is 11.6 Å². The average molecular weight is 277 g/mol. The molecule has 1 aromatic carbocycles. The molecule has 0 spiro atoms. The topological polar surface area (TPSA) is 98.3 Å². The summed E-state index contributed by atoms with van der Waals surface area (Å²) >= 11 is 0. The fraction of sp³-hybridized carbons (Fsp3) is 0.300. The van der Waals surface area contributed by atoms with Gasteiger partial charge in [-0.2, -0.15) is 0 Å². The Hall–Kier alpha value is -2.16. The van der Waals surface area contributed by atoms with Crippen molar-refractivity contribution < 1.29 is 22.9 Å². The third kappa shape index (κ3) is 3.91. The number of hydrogen-bond donors (Lipinski definition) is 2. The third-order valence-corrected chi connectivity index (χ3v) is 2.21. The van der Waals surface area contributed by atoms with E-state index in [-0.39, 0.29) is 0 Å². The van der Waals surface area contributed by atoms with Crippen molar-refractivity contribution in [3.63, 3.8) is 0 Å². The lowest BCUT2D eigenvalue weighted by atomic mass is 10.1. The second kappa shape index (κ2) is 5.65. The van der Waals surface area contributed by atoms with Crippen LogP contribution in [0, 0.1) is 15.9 Å². The van der Waals surface area contributed by atoms with Crippen LogP contribution in [0.15, 0.2) is 18.2 Å². The van der Waals surface area contributed by atoms with Gasteiger partial charge in [-0.25, -0.2) is 13.2 Å². The van der Waals surface area contributed by atoms with Gasteiger partial charge in [0, 0.05) is 6.07 Å². The second-order valence-electron chi connectivity index (χ2n) is 3.66. The Balaban J connectivity index is 2.93. The summed E-state index contributed by atoms with van der Waals surface area (Å²) in [5.74, 6) is -5.39. The second-order valence-corrected chi connectivity index (χ2v) is 3.66. The summed E-state index contributed by atoms with van der Waals surface area (Å²) in [4.78, 5) is 21.3. The minimum atomic E-state index is -3.34. The minimum Gasteiger partial charge on any atom is -0.346 e. The van der Waals surface area contributed by atoms with E-state index in [9.17, 15) is 28.1 Å². The van der Waals surface area contributed by atoms with E-state index in [0.717, 1.165) is 12.1 Å². The Morgan fingerprint density at radius 2 is 2.11 bits per heavy atom. The van der Waals surface area contributed by atoms with Gasteiger partial charge in [-0.3, -0.25) is 14.9 Å². The van der Waals surface area contributed by atoms with Crippen LogP contribution in [0.5, 0.6) is 0 Å². The van der Waals surface area contributed by atoms with Gasteiger partial charge in [-0.1, -0.05) is 0 Å². The monoisotopic (exact) mass is 277 g/mol. The quantitative estimate of drug-likeness (QED) is 0.621. The number of benzene rings is 1. The summed E-state index contributed by atoms with van der Waals surface area (Å²) in [6.07, 6.45) is 0. The zero-order valence-corrected chi connectivity index (χ0v) is 9.53. The molecule has 0 unspecified atom stereocenters. The number of halogens is 3. The molecule has 0 saturated carbocycles. The van der Waals surface area contributed by atoms with Gasteiger partial charge in [0.05, 0.1) is 18.0 Å². The molecule has 9 heteroatoms. The van der Waals surface area contributed by atoms with E-state index in [1.807, 2.05) is 0 Å². The molecule has 1 rings (SSSR count). The van der Waals surface area contributed by atoms with E-state index >= 15 is 0 Å². The molecule has 1 aromatic rings. The third-order valence-electron chi connectivity index (χ3n) is 2.21. The van der Waals surface area contributed by atoms with Crippen molar-refractivity contribution in [2.24, 2.45) is 5.73 Å². The van der Waals surface area contributed by atoms with Crippen LogP contribution in [0.2, 0.25) is 0 Å². The predicted molar refractivity (Wildman–Crippen MR) is 59.4 cm³/mol. The van der Waals surface area contributed by atoms with Crippen LogP contribution in [0.1, 0.15) is 10.4 Å². The molecule has 3 N–H and O–H groups in total. The highest BCUT2D eigenvalue weighted by molar-refractivity contribution is 5.98. The summed E-state index contributed by atoms with van der Waals surface area (Å²) in [5.41, 5.74) is 3.47. The number of carbonyl (C=O) groups is 1. The molecule has 19 heavy (non-hydrogen) atoms. The molecule has 0 heterocycles. The number of nitrogens with zero attached hydrogens (tertiary/aromatic N) is 1. The maximum Gasteiger partial charge on any atom is 0.282 e. The first-order valence-electron chi connectivity index (χ1n) is 5.07. The molecule has 0 aromatic heterocycles. The molecule has 0 atom stereocenters. The molecule has 0 fully saturated rings. The van der Waals surface area contributed by atoms with Gasteiger partial charge in [-0.05, 0) is 12.1 Å². The Kier molecular flexibility index (Phi) is 4.43. The van der Waals surface area contributed by atoms with E-state index in [0.29, 0.717) is 6.07 Å². The zero-order valence-electron chi connectivity index (χ0n) is 9.53. The van der Waals surface area contributed by atoms with Crippen LogP contribution in [-0.4, -0.2) is 29.8 Å². The van der Waals surface area contributed by atoms with Crippen molar-refractivity contribution in [3.8, 4) is 0 Å². The number of carbonyl (C=O) groups excluding carboxylic acids is 1. The summed E-state index contributed by atoms with van der Waals surface area (Å²) in [5, 5.41) is 12.4. The molecular formula is C10H10F3N3O3. The van der Waals surface area contributed by atoms with Gasteiger partial charge < -0.3 is 11.1 Å². The van der Waals surface area contributed by atoms with E-state index in [2.05, 4.69) is 0 Å². The van der Waals surface area contributed by atoms with Gasteiger partial charge in [0.15, 0.2) is 0 Å². The molecular weight excluding hydrogens is 267 g/mol. The zero-order chi connectivity index (χ0) is 14.6. The van der Waals surface area contributed by atoms with Gasteiger partial charge >= 0.3 is 0 Å². The van der Waals surface area contributed by atoms with E-state index in [1.165, 1.54) is 0 Å². The van der Waals surface area contributed by atoms with Crippen LogP contribution in [0.3, 0.4) is 0 Å². The first-order chi connectivity index (χ1) is 8.76. The minimum absolute atomic E-state index is 0.605. The fourth-order valence-corrected chi connectivity index (χ4v) is 1.23. The van der Waals surface area contributed by atoms with Crippen LogP contribution in [-0.2, 0) is 0 Å². The molecule has 0 saturated heterocycles. The number of rotatable bonds is 5. The van der Waals surface area contributed by atoms with Gasteiger partial charge in [0.1, 0.15) is 11.4 Å².